The molecule has 0 saturated heterocycles. The Kier molecular flexibility index (Phi) is 5.08. The Morgan fingerprint density at radius 2 is 1.90 bits per heavy atom. The highest BCUT2D eigenvalue weighted by atomic mass is 19.3. The Morgan fingerprint density at radius 3 is 2.50 bits per heavy atom. The molecule has 0 radical (unpaired) electrons. The molecular formula is C16H22F3N. The molecule has 1 aromatic rings. The minimum absolute atomic E-state index is 0.0448. The maximum Gasteiger partial charge on any atom is 0.248 e. The van der Waals surface area contributed by atoms with Gasteiger partial charge in [0.25, 0.3) is 0 Å². The lowest BCUT2D eigenvalue weighted by Gasteiger charge is -2.34. The van der Waals surface area contributed by atoms with Gasteiger partial charge in [-0.05, 0) is 43.4 Å². The summed E-state index contributed by atoms with van der Waals surface area (Å²) in [4.78, 5) is 0. The zero-order chi connectivity index (χ0) is 14.6. The van der Waals surface area contributed by atoms with Crippen molar-refractivity contribution in [2.75, 3.05) is 6.54 Å². The van der Waals surface area contributed by atoms with Crippen molar-refractivity contribution in [3.05, 3.63) is 35.6 Å². The molecular weight excluding hydrogens is 263 g/mol. The van der Waals surface area contributed by atoms with Crippen molar-refractivity contribution in [2.45, 2.75) is 51.0 Å². The summed E-state index contributed by atoms with van der Waals surface area (Å²) in [5.74, 6) is -2.52. The number of rotatable bonds is 5. The number of likely N-dealkylation sites (N-methyl/N-ethyl adjacent to an activating group) is 1. The van der Waals surface area contributed by atoms with Gasteiger partial charge in [-0.3, -0.25) is 0 Å². The van der Waals surface area contributed by atoms with Gasteiger partial charge in [-0.1, -0.05) is 25.1 Å². The van der Waals surface area contributed by atoms with E-state index in [-0.39, 0.29) is 30.6 Å². The van der Waals surface area contributed by atoms with Crippen LogP contribution < -0.4 is 5.32 Å². The van der Waals surface area contributed by atoms with Gasteiger partial charge in [0, 0.05) is 18.9 Å². The maximum absolute atomic E-state index is 13.7. The molecule has 0 amide bonds. The Balaban J connectivity index is 2.02. The predicted molar refractivity (Wildman–Crippen MR) is 74.5 cm³/mol. The number of hydrogen-bond donors (Lipinski definition) is 1. The van der Waals surface area contributed by atoms with Gasteiger partial charge < -0.3 is 5.32 Å². The first-order chi connectivity index (χ1) is 9.52. The monoisotopic (exact) mass is 285 g/mol. The molecule has 0 aliphatic heterocycles. The van der Waals surface area contributed by atoms with Crippen LogP contribution in [0.15, 0.2) is 24.3 Å². The molecule has 1 aromatic carbocycles. The number of hydrogen-bond acceptors (Lipinski definition) is 1. The Morgan fingerprint density at radius 1 is 1.25 bits per heavy atom. The lowest BCUT2D eigenvalue weighted by molar-refractivity contribution is -0.0495. The quantitative estimate of drug-likeness (QED) is 0.856. The van der Waals surface area contributed by atoms with Gasteiger partial charge in [-0.15, -0.1) is 0 Å². The van der Waals surface area contributed by atoms with Gasteiger partial charge in [-0.25, -0.2) is 13.2 Å². The van der Waals surface area contributed by atoms with Gasteiger partial charge in [-0.2, -0.15) is 0 Å². The molecule has 1 unspecified atom stereocenters. The largest absolute Gasteiger partial charge is 0.314 e. The average Bonchev–Trinajstić information content (AvgIpc) is 2.41. The van der Waals surface area contributed by atoms with Crippen molar-refractivity contribution in [3.63, 3.8) is 0 Å². The van der Waals surface area contributed by atoms with Crippen LogP contribution in [0.25, 0.3) is 0 Å². The van der Waals surface area contributed by atoms with Crippen LogP contribution in [0.5, 0.6) is 0 Å². The predicted octanol–water partition coefficient (Wildman–Crippen LogP) is 4.17. The summed E-state index contributed by atoms with van der Waals surface area (Å²) in [7, 11) is 0. The summed E-state index contributed by atoms with van der Waals surface area (Å²) in [6, 6.07) is 6.79. The van der Waals surface area contributed by atoms with Crippen molar-refractivity contribution in [3.8, 4) is 0 Å². The molecule has 112 valence electrons. The average molecular weight is 285 g/mol. The summed E-state index contributed by atoms with van der Waals surface area (Å²) >= 11 is 0. The van der Waals surface area contributed by atoms with Crippen LogP contribution in [0.2, 0.25) is 0 Å². The highest BCUT2D eigenvalue weighted by molar-refractivity contribution is 5.18. The van der Waals surface area contributed by atoms with E-state index in [0.29, 0.717) is 24.8 Å². The van der Waals surface area contributed by atoms with E-state index in [1.165, 1.54) is 6.07 Å². The van der Waals surface area contributed by atoms with Crippen LogP contribution in [0, 0.1) is 11.7 Å². The zero-order valence-electron chi connectivity index (χ0n) is 11.8. The molecule has 0 spiro atoms. The third kappa shape index (κ3) is 3.98. The van der Waals surface area contributed by atoms with Crippen molar-refractivity contribution >= 4 is 0 Å². The molecule has 1 N–H and O–H groups in total. The molecule has 1 nitrogen and oxygen atoms in total. The fourth-order valence-corrected chi connectivity index (χ4v) is 3.03. The van der Waals surface area contributed by atoms with Gasteiger partial charge in [0.05, 0.1) is 0 Å². The van der Waals surface area contributed by atoms with Crippen molar-refractivity contribution < 1.29 is 13.2 Å². The van der Waals surface area contributed by atoms with Gasteiger partial charge in [0.2, 0.25) is 5.92 Å². The van der Waals surface area contributed by atoms with Crippen molar-refractivity contribution in [1.82, 2.24) is 5.32 Å². The molecule has 1 aliphatic rings. The molecule has 20 heavy (non-hydrogen) atoms. The smallest absolute Gasteiger partial charge is 0.248 e. The zero-order valence-corrected chi connectivity index (χ0v) is 11.8. The summed E-state index contributed by atoms with van der Waals surface area (Å²) in [5, 5.41) is 3.34. The van der Waals surface area contributed by atoms with Gasteiger partial charge >= 0.3 is 0 Å². The van der Waals surface area contributed by atoms with E-state index >= 15 is 0 Å². The molecule has 0 aromatic heterocycles. The normalized spacial score (nSPS) is 20.8. The summed E-state index contributed by atoms with van der Waals surface area (Å²) < 4.78 is 40.2. The van der Waals surface area contributed by atoms with Crippen LogP contribution in [0.3, 0.4) is 0 Å². The topological polar surface area (TPSA) is 12.0 Å². The fraction of sp³-hybridized carbons (Fsp3) is 0.625. The minimum atomic E-state index is -2.51. The van der Waals surface area contributed by atoms with Crippen LogP contribution in [0.4, 0.5) is 13.2 Å². The molecule has 1 saturated carbocycles. The second-order valence-electron chi connectivity index (χ2n) is 5.65. The second-order valence-corrected chi connectivity index (χ2v) is 5.65. The van der Waals surface area contributed by atoms with Crippen LogP contribution in [-0.2, 0) is 6.42 Å². The first kappa shape index (κ1) is 15.4. The summed E-state index contributed by atoms with van der Waals surface area (Å²) in [6.45, 7) is 2.76. The van der Waals surface area contributed by atoms with Gasteiger partial charge in [0.15, 0.2) is 0 Å². The van der Waals surface area contributed by atoms with Crippen LogP contribution in [0.1, 0.15) is 38.2 Å². The van der Waals surface area contributed by atoms with Crippen molar-refractivity contribution in [1.29, 1.82) is 0 Å². The van der Waals surface area contributed by atoms with E-state index in [1.54, 1.807) is 12.1 Å². The van der Waals surface area contributed by atoms with E-state index < -0.39 is 5.92 Å². The SMILES string of the molecule is CCNC(Cc1ccccc1F)C1CCC(F)(F)CC1. The third-order valence-corrected chi connectivity index (χ3v) is 4.19. The van der Waals surface area contributed by atoms with Crippen LogP contribution >= 0.6 is 0 Å². The fourth-order valence-electron chi connectivity index (χ4n) is 3.03. The van der Waals surface area contributed by atoms with Gasteiger partial charge in [0.1, 0.15) is 5.82 Å². The van der Waals surface area contributed by atoms with Crippen molar-refractivity contribution in [2.24, 2.45) is 5.92 Å². The Bertz CT molecular complexity index is 423. The van der Waals surface area contributed by atoms with E-state index in [0.717, 1.165) is 6.54 Å². The molecule has 0 heterocycles. The molecule has 1 atom stereocenters. The molecule has 4 heteroatoms. The number of nitrogens with one attached hydrogen (secondary N) is 1. The molecule has 2 rings (SSSR count). The second kappa shape index (κ2) is 6.61. The molecule has 1 fully saturated rings. The first-order valence-electron chi connectivity index (χ1n) is 7.36. The number of benzene rings is 1. The van der Waals surface area contributed by atoms with E-state index in [9.17, 15) is 13.2 Å². The lowest BCUT2D eigenvalue weighted by atomic mass is 9.80. The van der Waals surface area contributed by atoms with E-state index in [4.69, 9.17) is 0 Å². The Labute approximate surface area is 118 Å². The number of halogens is 3. The third-order valence-electron chi connectivity index (χ3n) is 4.19. The van der Waals surface area contributed by atoms with E-state index in [2.05, 4.69) is 5.32 Å². The number of alkyl halides is 2. The first-order valence-corrected chi connectivity index (χ1v) is 7.36. The maximum atomic E-state index is 13.7. The minimum Gasteiger partial charge on any atom is -0.314 e. The molecule has 0 bridgehead atoms. The summed E-state index contributed by atoms with van der Waals surface area (Å²) in [5.41, 5.74) is 0.663. The summed E-state index contributed by atoms with van der Waals surface area (Å²) in [6.07, 6.45) is 1.50. The highest BCUT2D eigenvalue weighted by Gasteiger charge is 2.37. The van der Waals surface area contributed by atoms with E-state index in [1.807, 2.05) is 13.0 Å². The standard InChI is InChI=1S/C16H22F3N/c1-2-20-15(11-13-5-3-4-6-14(13)17)12-7-9-16(18,19)10-8-12/h3-6,12,15,20H,2,7-11H2,1H3. The molecule has 1 aliphatic carbocycles. The Hall–Kier alpha value is -1.03. The lowest BCUT2D eigenvalue weighted by Crippen LogP contribution is -2.41. The van der Waals surface area contributed by atoms with Crippen LogP contribution in [-0.4, -0.2) is 18.5 Å². The highest BCUT2D eigenvalue weighted by Crippen LogP contribution is 2.38.